The van der Waals surface area contributed by atoms with Gasteiger partial charge in [-0.2, -0.15) is 5.10 Å². The lowest BCUT2D eigenvalue weighted by Crippen LogP contribution is -2.31. The van der Waals surface area contributed by atoms with E-state index in [0.29, 0.717) is 18.5 Å². The molecule has 2 rings (SSSR count). The summed E-state index contributed by atoms with van der Waals surface area (Å²) in [5.41, 5.74) is 4.84. The van der Waals surface area contributed by atoms with Crippen molar-refractivity contribution in [2.75, 3.05) is 19.4 Å². The summed E-state index contributed by atoms with van der Waals surface area (Å²) in [6.45, 7) is 8.80. The first-order valence-corrected chi connectivity index (χ1v) is 9.63. The molecule has 0 aliphatic heterocycles. The maximum atomic E-state index is 12.4. The molecule has 1 heterocycles. The van der Waals surface area contributed by atoms with Crippen molar-refractivity contribution in [3.63, 3.8) is 0 Å². The first-order chi connectivity index (χ1) is 13.2. The standard InChI is InChI=1S/C21H31N5O2/c1-7-26-16(4)20(15(3)24-26)14(2)22-21(28)23-18-11-8-17(9-12-18)10-13-19(27)25(5)6/h8-9,11-12,14H,7,10,13H2,1-6H3,(H2,22,23,28)/t14-/m0/s1. The van der Waals surface area contributed by atoms with E-state index >= 15 is 0 Å². The minimum atomic E-state index is -0.258. The number of hydrogen-bond donors (Lipinski definition) is 2. The molecule has 7 nitrogen and oxygen atoms in total. The van der Waals surface area contributed by atoms with Gasteiger partial charge in [-0.3, -0.25) is 9.48 Å². The van der Waals surface area contributed by atoms with E-state index in [9.17, 15) is 9.59 Å². The minimum Gasteiger partial charge on any atom is -0.349 e. The van der Waals surface area contributed by atoms with E-state index in [1.54, 1.807) is 19.0 Å². The fraction of sp³-hybridized carbons (Fsp3) is 0.476. The van der Waals surface area contributed by atoms with Crippen molar-refractivity contribution in [3.05, 3.63) is 46.8 Å². The molecule has 2 aromatic rings. The van der Waals surface area contributed by atoms with Crippen molar-refractivity contribution >= 4 is 17.6 Å². The monoisotopic (exact) mass is 385 g/mol. The van der Waals surface area contributed by atoms with Crippen LogP contribution in [-0.2, 0) is 17.8 Å². The van der Waals surface area contributed by atoms with Crippen LogP contribution in [0.2, 0.25) is 0 Å². The molecule has 28 heavy (non-hydrogen) atoms. The minimum absolute atomic E-state index is 0.104. The predicted octanol–water partition coefficient (Wildman–Crippen LogP) is 3.42. The van der Waals surface area contributed by atoms with E-state index in [1.807, 2.05) is 56.6 Å². The van der Waals surface area contributed by atoms with E-state index < -0.39 is 0 Å². The smallest absolute Gasteiger partial charge is 0.319 e. The normalized spacial score (nSPS) is 11.8. The van der Waals surface area contributed by atoms with Gasteiger partial charge < -0.3 is 15.5 Å². The molecule has 0 aliphatic rings. The van der Waals surface area contributed by atoms with Crippen LogP contribution < -0.4 is 10.6 Å². The summed E-state index contributed by atoms with van der Waals surface area (Å²) >= 11 is 0. The van der Waals surface area contributed by atoms with Gasteiger partial charge in [-0.05, 0) is 51.8 Å². The highest BCUT2D eigenvalue weighted by Gasteiger charge is 2.18. The molecule has 0 saturated carbocycles. The van der Waals surface area contributed by atoms with Crippen molar-refractivity contribution in [3.8, 4) is 0 Å². The Morgan fingerprint density at radius 2 is 1.82 bits per heavy atom. The van der Waals surface area contributed by atoms with Crippen molar-refractivity contribution < 1.29 is 9.59 Å². The summed E-state index contributed by atoms with van der Waals surface area (Å²) in [6.07, 6.45) is 1.16. The third-order valence-corrected chi connectivity index (χ3v) is 4.86. The molecule has 7 heteroatoms. The van der Waals surface area contributed by atoms with Crippen molar-refractivity contribution in [1.82, 2.24) is 20.0 Å². The zero-order valence-corrected chi connectivity index (χ0v) is 17.7. The lowest BCUT2D eigenvalue weighted by Gasteiger charge is -2.16. The van der Waals surface area contributed by atoms with Crippen LogP contribution in [0.25, 0.3) is 0 Å². The van der Waals surface area contributed by atoms with Crippen LogP contribution in [0, 0.1) is 13.8 Å². The number of aryl methyl sites for hydroxylation is 3. The molecule has 0 aliphatic carbocycles. The summed E-state index contributed by atoms with van der Waals surface area (Å²) in [5.74, 6) is 0.104. The lowest BCUT2D eigenvalue weighted by atomic mass is 10.1. The number of aromatic nitrogens is 2. The number of amides is 3. The lowest BCUT2D eigenvalue weighted by molar-refractivity contribution is -0.128. The number of benzene rings is 1. The van der Waals surface area contributed by atoms with Crippen molar-refractivity contribution in [2.45, 2.75) is 53.1 Å². The molecule has 1 aromatic heterocycles. The van der Waals surface area contributed by atoms with Crippen LogP contribution in [0.3, 0.4) is 0 Å². The van der Waals surface area contributed by atoms with Gasteiger partial charge in [0.1, 0.15) is 0 Å². The highest BCUT2D eigenvalue weighted by molar-refractivity contribution is 5.89. The first-order valence-electron chi connectivity index (χ1n) is 9.63. The average Bonchev–Trinajstić information content (AvgIpc) is 2.94. The molecule has 1 atom stereocenters. The maximum absolute atomic E-state index is 12.4. The topological polar surface area (TPSA) is 79.3 Å². The Labute approximate surface area is 167 Å². The van der Waals surface area contributed by atoms with Gasteiger partial charge in [-0.25, -0.2) is 4.79 Å². The Morgan fingerprint density at radius 3 is 2.36 bits per heavy atom. The molecule has 0 saturated heterocycles. The fourth-order valence-corrected chi connectivity index (χ4v) is 3.31. The molecule has 152 valence electrons. The Hall–Kier alpha value is -2.83. The largest absolute Gasteiger partial charge is 0.349 e. The third-order valence-electron chi connectivity index (χ3n) is 4.86. The maximum Gasteiger partial charge on any atom is 0.319 e. The number of nitrogens with one attached hydrogen (secondary N) is 2. The quantitative estimate of drug-likeness (QED) is 0.766. The molecule has 1 aromatic carbocycles. The van der Waals surface area contributed by atoms with Gasteiger partial charge in [-0.1, -0.05) is 12.1 Å². The van der Waals surface area contributed by atoms with Crippen molar-refractivity contribution in [2.24, 2.45) is 0 Å². The van der Waals surface area contributed by atoms with Crippen LogP contribution in [-0.4, -0.2) is 40.7 Å². The van der Waals surface area contributed by atoms with Gasteiger partial charge in [0.2, 0.25) is 5.91 Å². The van der Waals surface area contributed by atoms with E-state index in [0.717, 1.165) is 29.1 Å². The Bertz CT molecular complexity index is 824. The second-order valence-electron chi connectivity index (χ2n) is 7.21. The molecular formula is C21H31N5O2. The number of rotatable bonds is 7. The number of nitrogens with zero attached hydrogens (tertiary/aromatic N) is 3. The summed E-state index contributed by atoms with van der Waals surface area (Å²) in [7, 11) is 3.51. The Balaban J connectivity index is 1.92. The SMILES string of the molecule is CCn1nc(C)c([C@H](C)NC(=O)Nc2ccc(CCC(=O)N(C)C)cc2)c1C. The van der Waals surface area contributed by atoms with Gasteiger partial charge in [-0.15, -0.1) is 0 Å². The zero-order valence-electron chi connectivity index (χ0n) is 17.7. The molecular weight excluding hydrogens is 354 g/mol. The van der Waals surface area contributed by atoms with Crippen LogP contribution >= 0.6 is 0 Å². The number of anilines is 1. The van der Waals surface area contributed by atoms with Gasteiger partial charge in [0.05, 0.1) is 11.7 Å². The Morgan fingerprint density at radius 1 is 1.18 bits per heavy atom. The second kappa shape index (κ2) is 9.39. The molecule has 3 amide bonds. The summed E-state index contributed by atoms with van der Waals surface area (Å²) in [6, 6.07) is 7.17. The van der Waals surface area contributed by atoms with E-state index in [1.165, 1.54) is 0 Å². The molecule has 0 radical (unpaired) electrons. The van der Waals surface area contributed by atoms with Gasteiger partial charge in [0, 0.05) is 44.0 Å². The molecule has 2 N–H and O–H groups in total. The first kappa shape index (κ1) is 21.5. The zero-order chi connectivity index (χ0) is 20.8. The number of carbonyl (C=O) groups excluding carboxylic acids is 2. The van der Waals surface area contributed by atoms with Crippen LogP contribution in [0.4, 0.5) is 10.5 Å². The van der Waals surface area contributed by atoms with E-state index in [-0.39, 0.29) is 18.0 Å². The Kier molecular flexibility index (Phi) is 7.20. The van der Waals surface area contributed by atoms with Gasteiger partial charge >= 0.3 is 6.03 Å². The molecule has 0 spiro atoms. The summed E-state index contributed by atoms with van der Waals surface area (Å²) in [4.78, 5) is 25.6. The highest BCUT2D eigenvalue weighted by atomic mass is 16.2. The van der Waals surface area contributed by atoms with E-state index in [2.05, 4.69) is 15.7 Å². The fourth-order valence-electron chi connectivity index (χ4n) is 3.31. The third kappa shape index (κ3) is 5.34. The van der Waals surface area contributed by atoms with Crippen molar-refractivity contribution in [1.29, 1.82) is 0 Å². The molecule has 0 unspecified atom stereocenters. The predicted molar refractivity (Wildman–Crippen MR) is 111 cm³/mol. The average molecular weight is 386 g/mol. The van der Waals surface area contributed by atoms with Crippen LogP contribution in [0.15, 0.2) is 24.3 Å². The second-order valence-corrected chi connectivity index (χ2v) is 7.21. The molecule has 0 fully saturated rings. The highest BCUT2D eigenvalue weighted by Crippen LogP contribution is 2.21. The molecule has 0 bridgehead atoms. The van der Waals surface area contributed by atoms with Gasteiger partial charge in [0.15, 0.2) is 0 Å². The number of urea groups is 1. The van der Waals surface area contributed by atoms with Crippen LogP contribution in [0.1, 0.15) is 48.8 Å². The number of carbonyl (C=O) groups is 2. The van der Waals surface area contributed by atoms with Crippen LogP contribution in [0.5, 0.6) is 0 Å². The van der Waals surface area contributed by atoms with E-state index in [4.69, 9.17) is 0 Å². The van der Waals surface area contributed by atoms with Gasteiger partial charge in [0.25, 0.3) is 0 Å². The number of hydrogen-bond acceptors (Lipinski definition) is 3. The summed E-state index contributed by atoms with van der Waals surface area (Å²) in [5, 5.41) is 10.3. The summed E-state index contributed by atoms with van der Waals surface area (Å²) < 4.78 is 1.94.